The van der Waals surface area contributed by atoms with E-state index < -0.39 is 0 Å². The van der Waals surface area contributed by atoms with Crippen LogP contribution in [0, 0.1) is 10.8 Å². The van der Waals surface area contributed by atoms with Crippen LogP contribution in [-0.4, -0.2) is 0 Å². The van der Waals surface area contributed by atoms with Crippen molar-refractivity contribution < 1.29 is 67.1 Å². The van der Waals surface area contributed by atoms with Crippen LogP contribution in [0.15, 0.2) is 118 Å². The molecule has 0 fully saturated rings. The molecule has 0 aliphatic carbocycles. The number of hydrogen-bond donors (Lipinski definition) is 0. The molecule has 0 saturated carbocycles. The van der Waals surface area contributed by atoms with Crippen LogP contribution in [0.5, 0.6) is 23.0 Å². The van der Waals surface area contributed by atoms with Gasteiger partial charge in [0, 0.05) is 20.8 Å². The molecule has 0 unspecified atom stereocenters. The molecule has 6 rings (SSSR count). The van der Waals surface area contributed by atoms with Gasteiger partial charge in [-0.3, -0.25) is 0 Å². The molecule has 12 heteroatoms. The summed E-state index contributed by atoms with van der Waals surface area (Å²) in [6.45, 7) is 22.3. The Labute approximate surface area is 396 Å². The first-order valence-corrected chi connectivity index (χ1v) is 19.9. The number of nitrogens with zero attached hydrogens (tertiary/aromatic N) is 4. The second-order valence-electron chi connectivity index (χ2n) is 18.6. The Morgan fingerprint density at radius 3 is 1.10 bits per heavy atom. The van der Waals surface area contributed by atoms with E-state index in [0.29, 0.717) is 20.8 Å². The molecule has 0 spiro atoms. The van der Waals surface area contributed by atoms with Gasteiger partial charge in [-0.2, -0.15) is 20.5 Å². The Balaban J connectivity index is 0.000000310. The molecule has 0 N–H and O–H groups in total. The monoisotopic (exact) mass is 895 g/mol. The van der Waals surface area contributed by atoms with Crippen molar-refractivity contribution in [2.45, 2.75) is 92.9 Å². The standard InChI is InChI=1S/2C24H27ClN2O2.Fe.Na/c2*1-23(2,3)14-24(4,5)16-7-9-18-15(12-16)6-10-21(29)22(18)27-26-19-13-17(25)8-11-20(19)28;;/h2*6-13,28-29H,14H2,1-5H3;;/q;;+3;+1/p-4. The Bertz CT molecular complexity index is 2350. The summed E-state index contributed by atoms with van der Waals surface area (Å²) < 4.78 is 0. The van der Waals surface area contributed by atoms with Crippen molar-refractivity contribution in [1.29, 1.82) is 0 Å². The number of rotatable bonds is 8. The van der Waals surface area contributed by atoms with E-state index >= 15 is 0 Å². The predicted molar refractivity (Wildman–Crippen MR) is 231 cm³/mol. The Kier molecular flexibility index (Phi) is 16.9. The fraction of sp³-hybridized carbons (Fsp3) is 0.333. The quantitative estimate of drug-likeness (QED) is 0.111. The van der Waals surface area contributed by atoms with E-state index in [1.807, 2.05) is 36.4 Å². The number of hydrogen-bond acceptors (Lipinski definition) is 8. The molecule has 309 valence electrons. The van der Waals surface area contributed by atoms with Crippen molar-refractivity contribution in [3.63, 3.8) is 0 Å². The molecular weight excluding hydrogens is 846 g/mol. The minimum Gasteiger partial charge on any atom is -0.871 e. The van der Waals surface area contributed by atoms with Crippen LogP contribution in [0.1, 0.15) is 93.2 Å². The molecule has 6 aromatic carbocycles. The third kappa shape index (κ3) is 13.2. The molecule has 6 aromatic rings. The number of azo groups is 2. The average Bonchev–Trinajstić information content (AvgIpc) is 3.11. The summed E-state index contributed by atoms with van der Waals surface area (Å²) in [6.07, 6.45) is 2.05. The zero-order valence-corrected chi connectivity index (χ0v) is 40.8. The van der Waals surface area contributed by atoms with Gasteiger partial charge < -0.3 is 20.4 Å². The molecule has 0 heterocycles. The summed E-state index contributed by atoms with van der Waals surface area (Å²) in [5.41, 5.74) is 3.45. The molecule has 60 heavy (non-hydrogen) atoms. The van der Waals surface area contributed by atoms with E-state index in [1.165, 1.54) is 59.7 Å². The van der Waals surface area contributed by atoms with E-state index in [4.69, 9.17) is 23.2 Å². The molecule has 0 bridgehead atoms. The van der Waals surface area contributed by atoms with Crippen molar-refractivity contribution in [3.05, 3.63) is 118 Å². The van der Waals surface area contributed by atoms with Gasteiger partial charge in [0.05, 0.1) is 22.7 Å². The first-order chi connectivity index (χ1) is 26.9. The average molecular weight is 897 g/mol. The maximum Gasteiger partial charge on any atom is 3.00 e. The number of benzene rings is 6. The summed E-state index contributed by atoms with van der Waals surface area (Å²) >= 11 is 11.9. The first kappa shape index (κ1) is 50.7. The third-order valence-electron chi connectivity index (χ3n) is 9.77. The number of fused-ring (bicyclic) bond motifs is 2. The van der Waals surface area contributed by atoms with Gasteiger partial charge in [-0.05, 0) is 80.7 Å². The largest absolute Gasteiger partial charge is 3.00 e. The Morgan fingerprint density at radius 2 is 0.767 bits per heavy atom. The molecular formula is C48H50Cl2FeN4NaO4. The van der Waals surface area contributed by atoms with Gasteiger partial charge in [0.25, 0.3) is 0 Å². The Hall–Kier alpha value is -3.66. The maximum absolute atomic E-state index is 12.4. The third-order valence-corrected chi connectivity index (χ3v) is 10.2. The van der Waals surface area contributed by atoms with Crippen molar-refractivity contribution in [1.82, 2.24) is 0 Å². The molecule has 0 amide bonds. The van der Waals surface area contributed by atoms with Crippen LogP contribution in [0.4, 0.5) is 22.7 Å². The normalized spacial score (nSPS) is 12.3. The van der Waals surface area contributed by atoms with E-state index in [-0.39, 0.29) is 114 Å². The van der Waals surface area contributed by atoms with E-state index in [9.17, 15) is 20.4 Å². The smallest absolute Gasteiger partial charge is 0.871 e. The molecule has 0 saturated heterocycles. The van der Waals surface area contributed by atoms with Crippen LogP contribution in [0.2, 0.25) is 10.0 Å². The predicted octanol–water partition coefficient (Wildman–Crippen LogP) is 10.5. The van der Waals surface area contributed by atoms with Gasteiger partial charge in [0.2, 0.25) is 0 Å². The molecule has 0 atom stereocenters. The SMILES string of the molecule is CC(C)(C)CC(C)(C)c1ccc2c(N=Nc3cc(Cl)ccc3[O-])c([O-])ccc2c1.CC(C)(C)CC(C)(C)c1ccc2c(N=Nc3cc(Cl)ccc3[O-])c([O-])ccc2c1.[Fe+3].[Na+]. The molecule has 1 radical (unpaired) electrons. The van der Waals surface area contributed by atoms with Gasteiger partial charge in [0.1, 0.15) is 0 Å². The topological polar surface area (TPSA) is 142 Å². The van der Waals surface area contributed by atoms with Crippen LogP contribution in [0.25, 0.3) is 21.5 Å². The second-order valence-corrected chi connectivity index (χ2v) is 19.4. The summed E-state index contributed by atoms with van der Waals surface area (Å²) in [5, 5.41) is 68.9. The van der Waals surface area contributed by atoms with E-state index in [1.54, 1.807) is 0 Å². The fourth-order valence-electron chi connectivity index (χ4n) is 7.84. The first-order valence-electron chi connectivity index (χ1n) is 19.2. The zero-order valence-electron chi connectivity index (χ0n) is 36.2. The van der Waals surface area contributed by atoms with E-state index in [0.717, 1.165) is 23.6 Å². The molecule has 0 aliphatic heterocycles. The van der Waals surface area contributed by atoms with Crippen molar-refractivity contribution in [2.75, 3.05) is 0 Å². The van der Waals surface area contributed by atoms with Gasteiger partial charge in [-0.1, -0.05) is 188 Å². The number of halogens is 2. The summed E-state index contributed by atoms with van der Waals surface area (Å²) in [6, 6.07) is 27.3. The van der Waals surface area contributed by atoms with Gasteiger partial charge >= 0.3 is 46.6 Å². The zero-order chi connectivity index (χ0) is 42.8. The maximum atomic E-state index is 12.4. The van der Waals surface area contributed by atoms with Crippen molar-refractivity contribution in [3.8, 4) is 23.0 Å². The van der Waals surface area contributed by atoms with Gasteiger partial charge in [-0.25, -0.2) is 0 Å². The van der Waals surface area contributed by atoms with E-state index in [2.05, 4.69) is 102 Å². The van der Waals surface area contributed by atoms with Crippen LogP contribution >= 0.6 is 23.2 Å². The minimum atomic E-state index is -0.294. The fourth-order valence-corrected chi connectivity index (χ4v) is 8.17. The van der Waals surface area contributed by atoms with Crippen LogP contribution in [0.3, 0.4) is 0 Å². The van der Waals surface area contributed by atoms with Crippen LogP contribution < -0.4 is 50.0 Å². The molecule has 0 aliphatic rings. The van der Waals surface area contributed by atoms with Crippen molar-refractivity contribution >= 4 is 67.5 Å². The Morgan fingerprint density at radius 1 is 0.433 bits per heavy atom. The van der Waals surface area contributed by atoms with Crippen LogP contribution in [-0.2, 0) is 27.9 Å². The van der Waals surface area contributed by atoms with Gasteiger partial charge in [-0.15, -0.1) is 0 Å². The molecule has 0 aromatic heterocycles. The summed E-state index contributed by atoms with van der Waals surface area (Å²) in [4.78, 5) is 0. The summed E-state index contributed by atoms with van der Waals surface area (Å²) in [5.74, 6) is -1.07. The summed E-state index contributed by atoms with van der Waals surface area (Å²) in [7, 11) is 0. The second kappa shape index (κ2) is 20.0. The van der Waals surface area contributed by atoms with Crippen molar-refractivity contribution in [2.24, 2.45) is 31.3 Å². The molecule has 8 nitrogen and oxygen atoms in total. The van der Waals surface area contributed by atoms with Gasteiger partial charge in [0.15, 0.2) is 0 Å². The minimum absolute atomic E-state index is 0.